The van der Waals surface area contributed by atoms with E-state index in [1.54, 1.807) is 0 Å². The molecule has 1 nitrogen and oxygen atoms in total. The molecule has 0 aromatic rings. The summed E-state index contributed by atoms with van der Waals surface area (Å²) in [6.45, 7) is 3.26. The summed E-state index contributed by atoms with van der Waals surface area (Å²) in [5.41, 5.74) is 0. The lowest BCUT2D eigenvalue weighted by Gasteiger charge is -2.00. The van der Waals surface area contributed by atoms with Crippen LogP contribution in [0.1, 0.15) is 64.7 Å². The molecule has 1 aliphatic heterocycles. The SMILES string of the molecule is CCCCCCCCCC[CH]C1CO1. The Morgan fingerprint density at radius 2 is 1.57 bits per heavy atom. The number of unbranched alkanes of at least 4 members (excludes halogenated alkanes) is 8. The lowest BCUT2D eigenvalue weighted by Crippen LogP contribution is -1.87. The average Bonchev–Trinajstić information content (AvgIpc) is 2.99. The van der Waals surface area contributed by atoms with Gasteiger partial charge in [0.25, 0.3) is 0 Å². The molecule has 14 heavy (non-hydrogen) atoms. The first-order valence-electron chi connectivity index (χ1n) is 6.38. The standard InChI is InChI=1S/C13H25O/c1-2-3-4-5-6-7-8-9-10-11-13-12-14-13/h11,13H,2-10,12H2,1H3. The predicted octanol–water partition coefficient (Wildman–Crippen LogP) is 4.12. The Bertz CT molecular complexity index is 118. The van der Waals surface area contributed by atoms with Gasteiger partial charge in [-0.25, -0.2) is 0 Å². The van der Waals surface area contributed by atoms with Crippen LogP contribution in [0.15, 0.2) is 0 Å². The topological polar surface area (TPSA) is 12.5 Å². The third kappa shape index (κ3) is 7.37. The zero-order chi connectivity index (χ0) is 10.1. The lowest BCUT2D eigenvalue weighted by atomic mass is 10.1. The fraction of sp³-hybridized carbons (Fsp3) is 0.923. The van der Waals surface area contributed by atoms with Crippen LogP contribution >= 0.6 is 0 Å². The number of epoxide rings is 1. The van der Waals surface area contributed by atoms with E-state index < -0.39 is 0 Å². The molecule has 1 heterocycles. The molecule has 1 fully saturated rings. The van der Waals surface area contributed by atoms with E-state index >= 15 is 0 Å². The van der Waals surface area contributed by atoms with E-state index in [1.807, 2.05) is 0 Å². The van der Waals surface area contributed by atoms with Crippen molar-refractivity contribution in [2.45, 2.75) is 70.8 Å². The zero-order valence-corrected chi connectivity index (χ0v) is 9.63. The first kappa shape index (κ1) is 12.0. The molecule has 0 aromatic heterocycles. The van der Waals surface area contributed by atoms with Gasteiger partial charge in [-0.3, -0.25) is 0 Å². The maximum absolute atomic E-state index is 5.12. The van der Waals surface area contributed by atoms with Crippen LogP contribution in [0.2, 0.25) is 0 Å². The van der Waals surface area contributed by atoms with E-state index in [0.717, 1.165) is 6.61 Å². The van der Waals surface area contributed by atoms with Crippen LogP contribution in [0.25, 0.3) is 0 Å². The van der Waals surface area contributed by atoms with Gasteiger partial charge in [-0.2, -0.15) is 0 Å². The van der Waals surface area contributed by atoms with Gasteiger partial charge in [0.05, 0.1) is 12.7 Å². The Hall–Kier alpha value is -0.0400. The van der Waals surface area contributed by atoms with E-state index in [-0.39, 0.29) is 0 Å². The minimum atomic E-state index is 0.527. The first-order valence-corrected chi connectivity index (χ1v) is 6.38. The fourth-order valence-electron chi connectivity index (χ4n) is 1.77. The van der Waals surface area contributed by atoms with E-state index in [2.05, 4.69) is 13.3 Å². The van der Waals surface area contributed by atoms with Crippen molar-refractivity contribution in [1.29, 1.82) is 0 Å². The number of hydrogen-bond acceptors (Lipinski definition) is 1. The van der Waals surface area contributed by atoms with Crippen LogP contribution in [-0.4, -0.2) is 12.7 Å². The van der Waals surface area contributed by atoms with Gasteiger partial charge in [-0.05, 0) is 12.8 Å². The monoisotopic (exact) mass is 197 g/mol. The molecule has 0 N–H and O–H groups in total. The summed E-state index contributed by atoms with van der Waals surface area (Å²) in [5.74, 6) is 0. The summed E-state index contributed by atoms with van der Waals surface area (Å²) in [6.07, 6.45) is 15.5. The van der Waals surface area contributed by atoms with E-state index in [1.165, 1.54) is 57.8 Å². The molecule has 0 spiro atoms. The molecule has 0 aromatic carbocycles. The number of hydrogen-bond donors (Lipinski definition) is 0. The summed E-state index contributed by atoms with van der Waals surface area (Å²) in [5, 5.41) is 0. The molecule has 1 unspecified atom stereocenters. The first-order chi connectivity index (χ1) is 6.93. The van der Waals surface area contributed by atoms with Gasteiger partial charge in [-0.15, -0.1) is 0 Å². The van der Waals surface area contributed by atoms with Crippen molar-refractivity contribution in [3.63, 3.8) is 0 Å². The Morgan fingerprint density at radius 3 is 2.14 bits per heavy atom. The minimum Gasteiger partial charge on any atom is -0.373 e. The minimum absolute atomic E-state index is 0.527. The molecule has 1 atom stereocenters. The number of ether oxygens (including phenoxy) is 1. The largest absolute Gasteiger partial charge is 0.373 e. The highest BCUT2D eigenvalue weighted by Crippen LogP contribution is 2.17. The Morgan fingerprint density at radius 1 is 1.00 bits per heavy atom. The maximum Gasteiger partial charge on any atom is 0.0841 e. The molecule has 1 rings (SSSR count). The lowest BCUT2D eigenvalue weighted by molar-refractivity contribution is 0.423. The molecule has 0 bridgehead atoms. The van der Waals surface area contributed by atoms with Crippen LogP contribution in [0.4, 0.5) is 0 Å². The maximum atomic E-state index is 5.12. The molecular formula is C13H25O. The van der Waals surface area contributed by atoms with Crippen molar-refractivity contribution in [2.75, 3.05) is 6.61 Å². The average molecular weight is 197 g/mol. The molecule has 0 aliphatic carbocycles. The Balaban J connectivity index is 1.63. The Kier molecular flexibility index (Phi) is 7.12. The van der Waals surface area contributed by atoms with Crippen molar-refractivity contribution in [1.82, 2.24) is 0 Å². The van der Waals surface area contributed by atoms with Crippen molar-refractivity contribution < 1.29 is 4.74 Å². The van der Waals surface area contributed by atoms with Gasteiger partial charge in [0, 0.05) is 0 Å². The van der Waals surface area contributed by atoms with Crippen LogP contribution in [-0.2, 0) is 4.74 Å². The van der Waals surface area contributed by atoms with Gasteiger partial charge in [0.15, 0.2) is 0 Å². The van der Waals surface area contributed by atoms with E-state index in [0.29, 0.717) is 6.10 Å². The highest BCUT2D eigenvalue weighted by molar-refractivity contribution is 4.85. The van der Waals surface area contributed by atoms with Gasteiger partial charge in [-0.1, -0.05) is 58.3 Å². The molecule has 0 amide bonds. The summed E-state index contributed by atoms with van der Waals surface area (Å²) in [7, 11) is 0. The van der Waals surface area contributed by atoms with Gasteiger partial charge in [0.1, 0.15) is 0 Å². The molecular weight excluding hydrogens is 172 g/mol. The summed E-state index contributed by atoms with van der Waals surface area (Å²) in [4.78, 5) is 0. The second-order valence-electron chi connectivity index (χ2n) is 4.37. The van der Waals surface area contributed by atoms with Crippen LogP contribution < -0.4 is 0 Å². The third-order valence-electron chi connectivity index (χ3n) is 2.85. The molecule has 1 saturated heterocycles. The highest BCUT2D eigenvalue weighted by Gasteiger charge is 2.21. The number of rotatable bonds is 10. The molecule has 0 saturated carbocycles. The smallest absolute Gasteiger partial charge is 0.0841 e. The second kappa shape index (κ2) is 8.28. The second-order valence-corrected chi connectivity index (χ2v) is 4.37. The molecule has 1 radical (unpaired) electrons. The highest BCUT2D eigenvalue weighted by atomic mass is 16.6. The van der Waals surface area contributed by atoms with E-state index in [9.17, 15) is 0 Å². The van der Waals surface area contributed by atoms with Gasteiger partial charge < -0.3 is 4.74 Å². The predicted molar refractivity (Wildman–Crippen MR) is 61.3 cm³/mol. The fourth-order valence-corrected chi connectivity index (χ4v) is 1.77. The van der Waals surface area contributed by atoms with Crippen molar-refractivity contribution in [2.24, 2.45) is 0 Å². The summed E-state index contributed by atoms with van der Waals surface area (Å²) in [6, 6.07) is 0. The molecule has 1 heteroatoms. The molecule has 1 aliphatic rings. The quantitative estimate of drug-likeness (QED) is 0.379. The normalized spacial score (nSPS) is 19.9. The van der Waals surface area contributed by atoms with Crippen LogP contribution in [0, 0.1) is 6.42 Å². The summed E-state index contributed by atoms with van der Waals surface area (Å²) >= 11 is 0. The van der Waals surface area contributed by atoms with Crippen molar-refractivity contribution in [3.05, 3.63) is 6.42 Å². The van der Waals surface area contributed by atoms with E-state index in [4.69, 9.17) is 4.74 Å². The third-order valence-corrected chi connectivity index (χ3v) is 2.85. The van der Waals surface area contributed by atoms with Crippen molar-refractivity contribution >= 4 is 0 Å². The molecule has 83 valence electrons. The van der Waals surface area contributed by atoms with Crippen LogP contribution in [0.5, 0.6) is 0 Å². The van der Waals surface area contributed by atoms with Gasteiger partial charge in [0.2, 0.25) is 0 Å². The summed E-state index contributed by atoms with van der Waals surface area (Å²) < 4.78 is 5.12. The Labute approximate surface area is 89.2 Å². The van der Waals surface area contributed by atoms with Crippen molar-refractivity contribution in [3.8, 4) is 0 Å². The van der Waals surface area contributed by atoms with Gasteiger partial charge >= 0.3 is 0 Å². The zero-order valence-electron chi connectivity index (χ0n) is 9.63. The van der Waals surface area contributed by atoms with Crippen LogP contribution in [0.3, 0.4) is 0 Å².